The van der Waals surface area contributed by atoms with Crippen LogP contribution in [0, 0.1) is 6.92 Å². The Balaban J connectivity index is 1.97. The van der Waals surface area contributed by atoms with Crippen molar-refractivity contribution in [3.05, 3.63) is 58.3 Å². The van der Waals surface area contributed by atoms with E-state index in [-0.39, 0.29) is 0 Å². The van der Waals surface area contributed by atoms with E-state index in [1.807, 2.05) is 30.1 Å². The van der Waals surface area contributed by atoms with Crippen molar-refractivity contribution in [2.75, 3.05) is 0 Å². The Morgan fingerprint density at radius 3 is 2.50 bits per heavy atom. The first-order valence-electron chi connectivity index (χ1n) is 5.04. The van der Waals surface area contributed by atoms with E-state index >= 15 is 0 Å². The zero-order valence-corrected chi connectivity index (χ0v) is 11.4. The third-order valence-electron chi connectivity index (χ3n) is 2.20. The molecule has 0 saturated carbocycles. The predicted octanol–water partition coefficient (Wildman–Crippen LogP) is 4.44. The van der Waals surface area contributed by atoms with E-state index in [1.54, 1.807) is 0 Å². The maximum Gasteiger partial charge on any atom is 0.0507 e. The molecule has 0 unspecified atom stereocenters. The molecule has 82 valence electrons. The molecule has 0 aliphatic heterocycles. The lowest BCUT2D eigenvalue weighted by Gasteiger charge is -2.02. The van der Waals surface area contributed by atoms with Crippen molar-refractivity contribution in [1.82, 2.24) is 4.98 Å². The lowest BCUT2D eigenvalue weighted by atomic mass is 10.2. The van der Waals surface area contributed by atoms with Gasteiger partial charge in [-0.3, -0.25) is 4.98 Å². The zero-order valence-electron chi connectivity index (χ0n) is 8.98. The van der Waals surface area contributed by atoms with Crippen molar-refractivity contribution in [2.45, 2.75) is 17.6 Å². The average molecular weight is 294 g/mol. The van der Waals surface area contributed by atoms with E-state index in [2.05, 4.69) is 52.1 Å². The Labute approximate surface area is 108 Å². The minimum Gasteiger partial charge on any atom is -0.259 e. The van der Waals surface area contributed by atoms with Gasteiger partial charge in [0, 0.05) is 21.3 Å². The number of aromatic nitrogens is 1. The maximum atomic E-state index is 4.34. The monoisotopic (exact) mass is 293 g/mol. The van der Waals surface area contributed by atoms with Crippen molar-refractivity contribution in [2.24, 2.45) is 0 Å². The number of benzene rings is 1. The van der Waals surface area contributed by atoms with Gasteiger partial charge in [0.15, 0.2) is 0 Å². The number of hydrogen-bond donors (Lipinski definition) is 0. The summed E-state index contributed by atoms with van der Waals surface area (Å²) in [6, 6.07) is 12.6. The molecule has 0 fully saturated rings. The highest BCUT2D eigenvalue weighted by molar-refractivity contribution is 9.10. The lowest BCUT2D eigenvalue weighted by Crippen LogP contribution is -1.85. The second-order valence-corrected chi connectivity index (χ2v) is 5.53. The number of hydrogen-bond acceptors (Lipinski definition) is 2. The van der Waals surface area contributed by atoms with Crippen molar-refractivity contribution in [3.8, 4) is 0 Å². The Morgan fingerprint density at radius 1 is 1.12 bits per heavy atom. The van der Waals surface area contributed by atoms with Crippen LogP contribution in [0.4, 0.5) is 0 Å². The van der Waals surface area contributed by atoms with Gasteiger partial charge < -0.3 is 0 Å². The van der Waals surface area contributed by atoms with Crippen LogP contribution in [-0.4, -0.2) is 4.98 Å². The number of thioether (sulfide) groups is 1. The molecule has 16 heavy (non-hydrogen) atoms. The third-order valence-corrected chi connectivity index (χ3v) is 3.71. The van der Waals surface area contributed by atoms with Crippen LogP contribution in [0.2, 0.25) is 0 Å². The average Bonchev–Trinajstić information content (AvgIpc) is 2.30. The van der Waals surface area contributed by atoms with Crippen molar-refractivity contribution < 1.29 is 0 Å². The molecule has 0 aliphatic carbocycles. The summed E-state index contributed by atoms with van der Waals surface area (Å²) >= 11 is 5.19. The van der Waals surface area contributed by atoms with Crippen LogP contribution in [-0.2, 0) is 5.75 Å². The van der Waals surface area contributed by atoms with Gasteiger partial charge in [0.2, 0.25) is 0 Å². The molecular weight excluding hydrogens is 282 g/mol. The molecule has 1 heterocycles. The van der Waals surface area contributed by atoms with Gasteiger partial charge in [-0.05, 0) is 47.1 Å². The number of rotatable bonds is 3. The molecule has 0 spiro atoms. The van der Waals surface area contributed by atoms with Gasteiger partial charge in [-0.15, -0.1) is 11.8 Å². The van der Waals surface area contributed by atoms with E-state index < -0.39 is 0 Å². The van der Waals surface area contributed by atoms with E-state index in [0.717, 1.165) is 15.9 Å². The molecule has 0 bridgehead atoms. The molecule has 3 heteroatoms. The normalized spacial score (nSPS) is 10.4. The fourth-order valence-electron chi connectivity index (χ4n) is 1.28. The first kappa shape index (κ1) is 11.7. The molecule has 1 aromatic heterocycles. The van der Waals surface area contributed by atoms with E-state index in [4.69, 9.17) is 0 Å². The summed E-state index contributed by atoms with van der Waals surface area (Å²) in [4.78, 5) is 5.63. The van der Waals surface area contributed by atoms with E-state index in [1.165, 1.54) is 10.5 Å². The molecular formula is C13H12BrNS. The molecule has 0 saturated heterocycles. The Morgan fingerprint density at radius 2 is 1.88 bits per heavy atom. The molecule has 2 rings (SSSR count). The highest BCUT2D eigenvalue weighted by Gasteiger charge is 1.97. The largest absolute Gasteiger partial charge is 0.259 e. The van der Waals surface area contributed by atoms with Crippen molar-refractivity contribution >= 4 is 27.7 Å². The molecule has 0 radical (unpaired) electrons. The van der Waals surface area contributed by atoms with Gasteiger partial charge in [0.25, 0.3) is 0 Å². The highest BCUT2D eigenvalue weighted by Crippen LogP contribution is 2.22. The summed E-state index contributed by atoms with van der Waals surface area (Å²) in [5, 5.41) is 0. The van der Waals surface area contributed by atoms with Gasteiger partial charge in [0.1, 0.15) is 0 Å². The molecule has 0 aliphatic rings. The number of nitrogens with zero attached hydrogens (tertiary/aromatic N) is 1. The smallest absolute Gasteiger partial charge is 0.0507 e. The summed E-state index contributed by atoms with van der Waals surface area (Å²) in [7, 11) is 0. The molecule has 0 N–H and O–H groups in total. The van der Waals surface area contributed by atoms with Crippen LogP contribution >= 0.6 is 27.7 Å². The standard InChI is InChI=1S/C13H12BrNS/c1-10-2-6-13(7-3-10)16-9-12-5-4-11(14)8-15-12/h2-8H,9H2,1H3. The molecule has 1 aromatic carbocycles. The number of aryl methyl sites for hydroxylation is 1. The van der Waals surface area contributed by atoms with Gasteiger partial charge in [-0.1, -0.05) is 17.7 Å². The van der Waals surface area contributed by atoms with E-state index in [9.17, 15) is 0 Å². The summed E-state index contributed by atoms with van der Waals surface area (Å²) in [5.74, 6) is 0.913. The van der Waals surface area contributed by atoms with Crippen molar-refractivity contribution in [1.29, 1.82) is 0 Å². The summed E-state index contributed by atoms with van der Waals surface area (Å²) in [6.45, 7) is 2.10. The second kappa shape index (κ2) is 5.51. The summed E-state index contributed by atoms with van der Waals surface area (Å²) in [6.07, 6.45) is 1.84. The second-order valence-electron chi connectivity index (χ2n) is 3.57. The van der Waals surface area contributed by atoms with E-state index in [0.29, 0.717) is 0 Å². The maximum absolute atomic E-state index is 4.34. The molecule has 1 nitrogen and oxygen atoms in total. The Hall–Kier alpha value is -0.800. The van der Waals surface area contributed by atoms with Crippen LogP contribution in [0.25, 0.3) is 0 Å². The van der Waals surface area contributed by atoms with Gasteiger partial charge >= 0.3 is 0 Å². The topological polar surface area (TPSA) is 12.9 Å². The highest BCUT2D eigenvalue weighted by atomic mass is 79.9. The molecule has 2 aromatic rings. The Kier molecular flexibility index (Phi) is 4.02. The first-order chi connectivity index (χ1) is 7.74. The minimum absolute atomic E-state index is 0.913. The van der Waals surface area contributed by atoms with Crippen molar-refractivity contribution in [3.63, 3.8) is 0 Å². The summed E-state index contributed by atoms with van der Waals surface area (Å²) in [5.41, 5.74) is 2.40. The fraction of sp³-hybridized carbons (Fsp3) is 0.154. The SMILES string of the molecule is Cc1ccc(SCc2ccc(Br)cn2)cc1. The van der Waals surface area contributed by atoms with Gasteiger partial charge in [-0.25, -0.2) is 0 Å². The lowest BCUT2D eigenvalue weighted by molar-refractivity contribution is 1.16. The molecule has 0 atom stereocenters. The molecule has 0 amide bonds. The minimum atomic E-state index is 0.913. The number of pyridine rings is 1. The quantitative estimate of drug-likeness (QED) is 0.776. The van der Waals surface area contributed by atoms with Gasteiger partial charge in [0.05, 0.1) is 5.69 Å². The number of halogens is 1. The zero-order chi connectivity index (χ0) is 11.4. The van der Waals surface area contributed by atoms with Crippen LogP contribution in [0.3, 0.4) is 0 Å². The van der Waals surface area contributed by atoms with Crippen LogP contribution in [0.15, 0.2) is 52.0 Å². The van der Waals surface area contributed by atoms with Crippen LogP contribution < -0.4 is 0 Å². The van der Waals surface area contributed by atoms with Gasteiger partial charge in [-0.2, -0.15) is 0 Å². The van der Waals surface area contributed by atoms with Crippen LogP contribution in [0.5, 0.6) is 0 Å². The third kappa shape index (κ3) is 3.35. The fourth-order valence-corrected chi connectivity index (χ4v) is 2.33. The first-order valence-corrected chi connectivity index (χ1v) is 6.82. The van der Waals surface area contributed by atoms with Crippen LogP contribution in [0.1, 0.15) is 11.3 Å². The summed E-state index contributed by atoms with van der Waals surface area (Å²) < 4.78 is 1.02. The Bertz CT molecular complexity index is 405. The predicted molar refractivity (Wildman–Crippen MR) is 72.7 cm³/mol.